The van der Waals surface area contributed by atoms with Gasteiger partial charge in [-0.1, -0.05) is 87.2 Å². The van der Waals surface area contributed by atoms with Gasteiger partial charge in [0.2, 0.25) is 0 Å². The molecule has 0 N–H and O–H groups in total. The number of fused-ring (bicyclic) bond motifs is 3. The summed E-state index contributed by atoms with van der Waals surface area (Å²) >= 11 is 0. The molecule has 0 aliphatic heterocycles. The van der Waals surface area contributed by atoms with Crippen LogP contribution in [0.3, 0.4) is 0 Å². The van der Waals surface area contributed by atoms with Crippen LogP contribution in [0.2, 0.25) is 0 Å². The van der Waals surface area contributed by atoms with E-state index < -0.39 is 6.61 Å². The quantitative estimate of drug-likeness (QED) is 0.195. The summed E-state index contributed by atoms with van der Waals surface area (Å²) < 4.78 is 29.2. The standard InChI is InChI=1S/C28H28F2O/c1-2-3-4-5-6-7-20-8-16-26-23(18-20)9-10-24-19-22(13-17-27(24)26)21-11-14-25(15-12-21)31-28(29)30/h8-19,28H,2-7H2,1H3. The Kier molecular flexibility index (Phi) is 6.81. The molecule has 0 aromatic heterocycles. The van der Waals surface area contributed by atoms with Crippen LogP contribution in [0.5, 0.6) is 5.75 Å². The van der Waals surface area contributed by atoms with Gasteiger partial charge in [0.15, 0.2) is 0 Å². The van der Waals surface area contributed by atoms with E-state index in [-0.39, 0.29) is 5.75 Å². The number of unbranched alkanes of at least 4 members (excludes halogenated alkanes) is 4. The van der Waals surface area contributed by atoms with E-state index in [4.69, 9.17) is 0 Å². The van der Waals surface area contributed by atoms with E-state index in [0.717, 1.165) is 17.5 Å². The van der Waals surface area contributed by atoms with Gasteiger partial charge in [-0.2, -0.15) is 8.78 Å². The number of alkyl halides is 2. The van der Waals surface area contributed by atoms with Crippen LogP contribution in [0.1, 0.15) is 44.6 Å². The Labute approximate surface area is 182 Å². The van der Waals surface area contributed by atoms with Crippen LogP contribution >= 0.6 is 0 Å². The lowest BCUT2D eigenvalue weighted by molar-refractivity contribution is -0.0498. The van der Waals surface area contributed by atoms with Gasteiger partial charge in [0.05, 0.1) is 0 Å². The molecule has 0 saturated heterocycles. The Morgan fingerprint density at radius 1 is 0.677 bits per heavy atom. The van der Waals surface area contributed by atoms with E-state index >= 15 is 0 Å². The van der Waals surface area contributed by atoms with Crippen molar-refractivity contribution < 1.29 is 13.5 Å². The summed E-state index contributed by atoms with van der Waals surface area (Å²) in [5.41, 5.74) is 3.44. The number of ether oxygens (including phenoxy) is 1. The first kappa shape index (κ1) is 21.3. The van der Waals surface area contributed by atoms with Gasteiger partial charge >= 0.3 is 6.61 Å². The number of aryl methyl sites for hydroxylation is 1. The Balaban J connectivity index is 1.55. The normalized spacial score (nSPS) is 11.5. The number of halogens is 2. The molecule has 0 spiro atoms. The number of hydrogen-bond donors (Lipinski definition) is 0. The van der Waals surface area contributed by atoms with E-state index in [1.54, 1.807) is 12.1 Å². The summed E-state index contributed by atoms with van der Waals surface area (Å²) in [4.78, 5) is 0. The maximum absolute atomic E-state index is 12.4. The molecule has 31 heavy (non-hydrogen) atoms. The molecule has 160 valence electrons. The lowest BCUT2D eigenvalue weighted by Gasteiger charge is -2.10. The van der Waals surface area contributed by atoms with Crippen molar-refractivity contribution in [1.29, 1.82) is 0 Å². The van der Waals surface area contributed by atoms with Gasteiger partial charge < -0.3 is 4.74 Å². The van der Waals surface area contributed by atoms with Crippen molar-refractivity contribution in [1.82, 2.24) is 0 Å². The first-order valence-electron chi connectivity index (χ1n) is 11.1. The molecule has 0 fully saturated rings. The summed E-state index contributed by atoms with van der Waals surface area (Å²) in [6, 6.07) is 24.4. The number of rotatable bonds is 9. The van der Waals surface area contributed by atoms with Crippen molar-refractivity contribution in [2.45, 2.75) is 52.1 Å². The number of hydrogen-bond acceptors (Lipinski definition) is 1. The molecule has 4 aromatic rings. The second-order valence-electron chi connectivity index (χ2n) is 8.12. The maximum atomic E-state index is 12.4. The second kappa shape index (κ2) is 9.91. The van der Waals surface area contributed by atoms with Gasteiger partial charge in [0, 0.05) is 0 Å². The van der Waals surface area contributed by atoms with Crippen LogP contribution < -0.4 is 4.74 Å². The third kappa shape index (κ3) is 5.22. The molecular weight excluding hydrogens is 390 g/mol. The SMILES string of the molecule is CCCCCCCc1ccc2c(ccc3cc(-c4ccc(OC(F)F)cc4)ccc32)c1. The first-order valence-corrected chi connectivity index (χ1v) is 11.1. The molecule has 4 aromatic carbocycles. The molecule has 0 aliphatic carbocycles. The van der Waals surface area contributed by atoms with Crippen molar-refractivity contribution in [2.75, 3.05) is 0 Å². The largest absolute Gasteiger partial charge is 0.435 e. The van der Waals surface area contributed by atoms with Gasteiger partial charge in [-0.15, -0.1) is 0 Å². The van der Waals surface area contributed by atoms with E-state index in [9.17, 15) is 8.78 Å². The summed E-state index contributed by atoms with van der Waals surface area (Å²) in [7, 11) is 0. The predicted octanol–water partition coefficient (Wildman–Crippen LogP) is 8.77. The fourth-order valence-electron chi connectivity index (χ4n) is 4.22. The van der Waals surface area contributed by atoms with Crippen molar-refractivity contribution in [3.05, 3.63) is 78.4 Å². The van der Waals surface area contributed by atoms with Gasteiger partial charge in [-0.05, 0) is 69.3 Å². The highest BCUT2D eigenvalue weighted by Gasteiger charge is 2.07. The minimum absolute atomic E-state index is 0.173. The topological polar surface area (TPSA) is 9.23 Å². The van der Waals surface area contributed by atoms with Crippen LogP contribution in [-0.4, -0.2) is 6.61 Å². The van der Waals surface area contributed by atoms with E-state index in [2.05, 4.69) is 60.2 Å². The summed E-state index contributed by atoms with van der Waals surface area (Å²) in [6.07, 6.45) is 7.65. The Morgan fingerprint density at radius 3 is 2.03 bits per heavy atom. The summed E-state index contributed by atoms with van der Waals surface area (Å²) in [5, 5.41) is 4.94. The lowest BCUT2D eigenvalue weighted by Crippen LogP contribution is -2.01. The van der Waals surface area contributed by atoms with Gasteiger partial charge in [-0.25, -0.2) is 0 Å². The van der Waals surface area contributed by atoms with Crippen LogP contribution in [0, 0.1) is 0 Å². The van der Waals surface area contributed by atoms with Crippen LogP contribution in [0.25, 0.3) is 32.7 Å². The Morgan fingerprint density at radius 2 is 1.32 bits per heavy atom. The highest BCUT2D eigenvalue weighted by Crippen LogP contribution is 2.31. The monoisotopic (exact) mass is 418 g/mol. The van der Waals surface area contributed by atoms with Gasteiger partial charge in [-0.3, -0.25) is 0 Å². The van der Waals surface area contributed by atoms with E-state index in [0.29, 0.717) is 0 Å². The molecule has 0 heterocycles. The molecular formula is C28H28F2O. The summed E-state index contributed by atoms with van der Waals surface area (Å²) in [6.45, 7) is -0.556. The molecule has 0 amide bonds. The molecule has 0 atom stereocenters. The average molecular weight is 419 g/mol. The molecule has 0 saturated carbocycles. The van der Waals surface area contributed by atoms with Crippen LogP contribution in [0.4, 0.5) is 8.78 Å². The van der Waals surface area contributed by atoms with Crippen molar-refractivity contribution in [3.63, 3.8) is 0 Å². The Hall–Kier alpha value is -2.94. The highest BCUT2D eigenvalue weighted by atomic mass is 19.3. The Bertz CT molecular complexity index is 1150. The third-order valence-corrected chi connectivity index (χ3v) is 5.88. The van der Waals surface area contributed by atoms with Gasteiger partial charge in [0.25, 0.3) is 0 Å². The smallest absolute Gasteiger partial charge is 0.387 e. The molecule has 0 aliphatic rings. The fraction of sp³-hybridized carbons (Fsp3) is 0.286. The van der Waals surface area contributed by atoms with Crippen LogP contribution in [0.15, 0.2) is 72.8 Å². The zero-order valence-electron chi connectivity index (χ0n) is 17.9. The van der Waals surface area contributed by atoms with E-state index in [1.807, 2.05) is 12.1 Å². The third-order valence-electron chi connectivity index (χ3n) is 5.88. The van der Waals surface area contributed by atoms with Crippen molar-refractivity contribution >= 4 is 21.5 Å². The minimum Gasteiger partial charge on any atom is -0.435 e. The van der Waals surface area contributed by atoms with Crippen molar-refractivity contribution in [2.24, 2.45) is 0 Å². The maximum Gasteiger partial charge on any atom is 0.387 e. The zero-order valence-corrected chi connectivity index (χ0v) is 17.9. The minimum atomic E-state index is -2.80. The summed E-state index contributed by atoms with van der Waals surface area (Å²) in [5.74, 6) is 0.173. The molecule has 4 rings (SSSR count). The predicted molar refractivity (Wildman–Crippen MR) is 126 cm³/mol. The zero-order chi connectivity index (χ0) is 21.6. The second-order valence-corrected chi connectivity index (χ2v) is 8.12. The molecule has 1 nitrogen and oxygen atoms in total. The van der Waals surface area contributed by atoms with Crippen molar-refractivity contribution in [3.8, 4) is 16.9 Å². The molecule has 0 bridgehead atoms. The van der Waals surface area contributed by atoms with E-state index in [1.165, 1.54) is 59.2 Å². The highest BCUT2D eigenvalue weighted by molar-refractivity contribution is 6.08. The lowest BCUT2D eigenvalue weighted by atomic mass is 9.95. The molecule has 3 heteroatoms. The molecule has 0 unspecified atom stereocenters. The first-order chi connectivity index (χ1) is 15.1. The fourth-order valence-corrected chi connectivity index (χ4v) is 4.22. The molecule has 0 radical (unpaired) electrons. The number of benzene rings is 4. The van der Waals surface area contributed by atoms with Gasteiger partial charge in [0.1, 0.15) is 5.75 Å². The van der Waals surface area contributed by atoms with Crippen LogP contribution in [-0.2, 0) is 6.42 Å². The average Bonchev–Trinajstić information content (AvgIpc) is 2.78.